The van der Waals surface area contributed by atoms with Gasteiger partial charge in [0.1, 0.15) is 0 Å². The number of carbonyl (C=O) groups is 2. The summed E-state index contributed by atoms with van der Waals surface area (Å²) in [6, 6.07) is -0.124. The summed E-state index contributed by atoms with van der Waals surface area (Å²) >= 11 is 0. The maximum Gasteiger partial charge on any atom is 0.241 e. The molecule has 0 aromatic rings. The average Bonchev–Trinajstić information content (AvgIpc) is 3.13. The molecule has 2 aliphatic heterocycles. The van der Waals surface area contributed by atoms with Crippen LogP contribution in [-0.4, -0.2) is 81.0 Å². The summed E-state index contributed by atoms with van der Waals surface area (Å²) in [5.41, 5.74) is 0. The molecule has 3 unspecified atom stereocenters. The monoisotopic (exact) mass is 374 g/mol. The molecule has 2 fully saturated rings. The Morgan fingerprint density at radius 3 is 2.60 bits per heavy atom. The first-order valence-electron chi connectivity index (χ1n) is 8.94. The Bertz CT molecular complexity index is 587. The highest BCUT2D eigenvalue weighted by atomic mass is 32.2. The molecule has 144 valence electrons. The Hall–Kier alpha value is -1.19. The van der Waals surface area contributed by atoms with E-state index in [1.54, 1.807) is 14.1 Å². The van der Waals surface area contributed by atoms with Crippen molar-refractivity contribution >= 4 is 21.8 Å². The van der Waals surface area contributed by atoms with Gasteiger partial charge in [-0.05, 0) is 45.1 Å². The van der Waals surface area contributed by atoms with Crippen molar-refractivity contribution in [2.45, 2.75) is 43.9 Å². The lowest BCUT2D eigenvalue weighted by molar-refractivity contribution is -0.128. The molecule has 0 radical (unpaired) electrons. The van der Waals surface area contributed by atoms with Gasteiger partial charge in [-0.15, -0.1) is 0 Å². The maximum absolute atomic E-state index is 12.7. The second-order valence-corrected chi connectivity index (χ2v) is 9.43. The largest absolute Gasteiger partial charge is 0.354 e. The maximum atomic E-state index is 12.7. The van der Waals surface area contributed by atoms with Crippen LogP contribution < -0.4 is 10.6 Å². The van der Waals surface area contributed by atoms with Crippen molar-refractivity contribution in [2.24, 2.45) is 5.92 Å². The molecule has 9 heteroatoms. The quantitative estimate of drug-likeness (QED) is 0.645. The molecule has 3 atom stereocenters. The highest BCUT2D eigenvalue weighted by Crippen LogP contribution is 2.22. The van der Waals surface area contributed by atoms with Crippen molar-refractivity contribution in [3.8, 4) is 0 Å². The first kappa shape index (κ1) is 20.1. The minimum atomic E-state index is -3.68. The lowest BCUT2D eigenvalue weighted by Gasteiger charge is -2.34. The molecule has 0 aromatic carbocycles. The van der Waals surface area contributed by atoms with E-state index in [0.29, 0.717) is 19.6 Å². The minimum Gasteiger partial charge on any atom is -0.354 e. The van der Waals surface area contributed by atoms with E-state index in [4.69, 9.17) is 0 Å². The van der Waals surface area contributed by atoms with Gasteiger partial charge in [-0.1, -0.05) is 0 Å². The number of piperidine rings is 1. The number of nitrogens with zero attached hydrogens (tertiary/aromatic N) is 2. The highest BCUT2D eigenvalue weighted by molar-refractivity contribution is 7.90. The lowest BCUT2D eigenvalue weighted by atomic mass is 9.99. The Kier molecular flexibility index (Phi) is 6.81. The van der Waals surface area contributed by atoms with Crippen LogP contribution in [0.3, 0.4) is 0 Å². The van der Waals surface area contributed by atoms with Gasteiger partial charge in [-0.2, -0.15) is 0 Å². The van der Waals surface area contributed by atoms with Gasteiger partial charge in [0.2, 0.25) is 21.8 Å². The zero-order valence-corrected chi connectivity index (χ0v) is 16.1. The van der Waals surface area contributed by atoms with Crippen molar-refractivity contribution in [1.29, 1.82) is 0 Å². The molecule has 0 aliphatic carbocycles. The zero-order valence-electron chi connectivity index (χ0n) is 15.3. The van der Waals surface area contributed by atoms with Crippen LogP contribution in [0.2, 0.25) is 0 Å². The van der Waals surface area contributed by atoms with E-state index < -0.39 is 21.2 Å². The predicted octanol–water partition coefficient (Wildman–Crippen LogP) is -0.627. The van der Waals surface area contributed by atoms with Crippen LogP contribution in [0.25, 0.3) is 0 Å². The molecule has 2 amide bonds. The molecule has 2 rings (SSSR count). The van der Waals surface area contributed by atoms with E-state index in [1.807, 2.05) is 0 Å². The predicted molar refractivity (Wildman–Crippen MR) is 95.4 cm³/mol. The number of nitrogens with one attached hydrogen (secondary N) is 2. The molecular formula is C16H30N4O4S. The smallest absolute Gasteiger partial charge is 0.241 e. The number of amides is 2. The third-order valence-electron chi connectivity index (χ3n) is 5.02. The fourth-order valence-electron chi connectivity index (χ4n) is 3.42. The summed E-state index contributed by atoms with van der Waals surface area (Å²) < 4.78 is 26.8. The van der Waals surface area contributed by atoms with Gasteiger partial charge >= 0.3 is 0 Å². The van der Waals surface area contributed by atoms with Crippen LogP contribution in [0.5, 0.6) is 0 Å². The number of rotatable bonds is 6. The van der Waals surface area contributed by atoms with Crippen LogP contribution in [-0.2, 0) is 19.6 Å². The van der Waals surface area contributed by atoms with Gasteiger partial charge in [-0.25, -0.2) is 12.7 Å². The molecule has 2 heterocycles. The van der Waals surface area contributed by atoms with E-state index >= 15 is 0 Å². The number of sulfonamides is 1. The van der Waals surface area contributed by atoms with Crippen LogP contribution >= 0.6 is 0 Å². The van der Waals surface area contributed by atoms with Crippen LogP contribution in [0.4, 0.5) is 0 Å². The lowest BCUT2D eigenvalue weighted by Crippen LogP contribution is -2.50. The van der Waals surface area contributed by atoms with E-state index in [1.165, 1.54) is 16.1 Å². The highest BCUT2D eigenvalue weighted by Gasteiger charge is 2.37. The van der Waals surface area contributed by atoms with E-state index in [2.05, 4.69) is 10.6 Å². The summed E-state index contributed by atoms with van der Waals surface area (Å²) in [6.45, 7) is 3.56. The Labute approximate surface area is 150 Å². The third-order valence-corrected chi connectivity index (χ3v) is 7.17. The van der Waals surface area contributed by atoms with Gasteiger partial charge in [0, 0.05) is 33.7 Å². The van der Waals surface area contributed by atoms with Crippen molar-refractivity contribution in [3.63, 3.8) is 0 Å². The van der Waals surface area contributed by atoms with Crippen molar-refractivity contribution < 1.29 is 18.0 Å². The Morgan fingerprint density at radius 2 is 2.00 bits per heavy atom. The topological polar surface area (TPSA) is 98.8 Å². The molecule has 0 aromatic heterocycles. The Balaban J connectivity index is 1.91. The summed E-state index contributed by atoms with van der Waals surface area (Å²) in [5.74, 6) is -0.341. The molecule has 2 saturated heterocycles. The summed E-state index contributed by atoms with van der Waals surface area (Å²) in [5, 5.41) is 5.01. The summed E-state index contributed by atoms with van der Waals surface area (Å²) in [4.78, 5) is 25.4. The normalized spacial score (nSPS) is 26.2. The zero-order chi connectivity index (χ0) is 18.6. The molecule has 0 saturated carbocycles. The molecule has 25 heavy (non-hydrogen) atoms. The molecule has 0 bridgehead atoms. The minimum absolute atomic E-state index is 0.00589. The van der Waals surface area contributed by atoms with Crippen LogP contribution in [0.15, 0.2) is 0 Å². The molecular weight excluding hydrogens is 344 g/mol. The van der Waals surface area contributed by atoms with Crippen molar-refractivity contribution in [1.82, 2.24) is 19.8 Å². The van der Waals surface area contributed by atoms with Crippen molar-refractivity contribution in [3.05, 3.63) is 0 Å². The first-order valence-corrected chi connectivity index (χ1v) is 10.4. The van der Waals surface area contributed by atoms with Gasteiger partial charge in [0.25, 0.3) is 0 Å². The fraction of sp³-hybridized carbons (Fsp3) is 0.875. The van der Waals surface area contributed by atoms with E-state index in [-0.39, 0.29) is 17.9 Å². The van der Waals surface area contributed by atoms with Crippen molar-refractivity contribution in [2.75, 3.05) is 40.3 Å². The van der Waals surface area contributed by atoms with Gasteiger partial charge in [-0.3, -0.25) is 9.59 Å². The van der Waals surface area contributed by atoms with E-state index in [9.17, 15) is 18.0 Å². The standard InChI is InChI=1S/C16H30N4O4S/c1-12(16(22)19(2)3)25(23,24)20-9-5-6-13(11-20)10-18-15(21)14-7-4-8-17-14/h12-14,17H,4-11H2,1-3H3,(H,18,21). The summed E-state index contributed by atoms with van der Waals surface area (Å²) in [6.07, 6.45) is 3.47. The second-order valence-electron chi connectivity index (χ2n) is 7.18. The third kappa shape index (κ3) is 4.92. The van der Waals surface area contributed by atoms with Gasteiger partial charge in [0.05, 0.1) is 6.04 Å². The molecule has 0 spiro atoms. The second kappa shape index (κ2) is 8.46. The number of carbonyl (C=O) groups excluding carboxylic acids is 2. The Morgan fingerprint density at radius 1 is 1.28 bits per heavy atom. The SMILES string of the molecule is CC(C(=O)N(C)C)S(=O)(=O)N1CCCC(CNC(=O)C2CCCN2)C1. The fourth-order valence-corrected chi connectivity index (χ4v) is 5.13. The van der Waals surface area contributed by atoms with Crippen LogP contribution in [0, 0.1) is 5.92 Å². The molecule has 2 aliphatic rings. The van der Waals surface area contributed by atoms with Gasteiger partial charge < -0.3 is 15.5 Å². The summed E-state index contributed by atoms with van der Waals surface area (Å²) in [7, 11) is -0.565. The number of hydrogen-bond acceptors (Lipinski definition) is 5. The van der Waals surface area contributed by atoms with Gasteiger partial charge in [0.15, 0.2) is 5.25 Å². The molecule has 8 nitrogen and oxygen atoms in total. The number of hydrogen-bond donors (Lipinski definition) is 2. The first-order chi connectivity index (χ1) is 11.7. The van der Waals surface area contributed by atoms with E-state index in [0.717, 1.165) is 32.2 Å². The molecule has 2 N–H and O–H groups in total. The average molecular weight is 375 g/mol. The van der Waals surface area contributed by atoms with Crippen LogP contribution in [0.1, 0.15) is 32.6 Å².